The van der Waals surface area contributed by atoms with Gasteiger partial charge in [0, 0.05) is 12.0 Å². The first-order valence-corrected chi connectivity index (χ1v) is 16.9. The SMILES string of the molecule is CC=CC(C=CC)(CCCc1ccc(O)c(OC)c1)SOC(C)(C)S(C)(C)CCCc1ccc(O)c(OC)c1. The van der Waals surface area contributed by atoms with Crippen molar-refractivity contribution >= 4 is 22.1 Å². The molecule has 39 heavy (non-hydrogen) atoms. The fourth-order valence-electron chi connectivity index (χ4n) is 4.36. The van der Waals surface area contributed by atoms with Crippen molar-refractivity contribution in [3.8, 4) is 23.0 Å². The molecule has 2 rings (SSSR count). The van der Waals surface area contributed by atoms with E-state index in [9.17, 15) is 10.2 Å². The normalized spacial score (nSPS) is 14.6. The van der Waals surface area contributed by atoms with Crippen molar-refractivity contribution in [3.63, 3.8) is 0 Å². The predicted octanol–water partition coefficient (Wildman–Crippen LogP) is 8.43. The van der Waals surface area contributed by atoms with Crippen molar-refractivity contribution in [2.75, 3.05) is 32.5 Å². The highest BCUT2D eigenvalue weighted by Gasteiger charge is 2.37. The van der Waals surface area contributed by atoms with Gasteiger partial charge in [0.2, 0.25) is 0 Å². The van der Waals surface area contributed by atoms with Crippen LogP contribution in [0.5, 0.6) is 23.0 Å². The molecule has 5 nitrogen and oxygen atoms in total. The number of rotatable bonds is 16. The summed E-state index contributed by atoms with van der Waals surface area (Å²) in [5.74, 6) is 2.44. The van der Waals surface area contributed by atoms with Gasteiger partial charge in [0.15, 0.2) is 23.0 Å². The topological polar surface area (TPSA) is 68.2 Å². The first kappa shape index (κ1) is 33.0. The molecule has 2 aromatic carbocycles. The molecular weight excluding hydrogens is 528 g/mol. The molecule has 0 atom stereocenters. The zero-order chi connectivity index (χ0) is 29.1. The van der Waals surface area contributed by atoms with Crippen molar-refractivity contribution in [3.05, 3.63) is 71.8 Å². The fraction of sp³-hybridized carbons (Fsp3) is 0.500. The Hall–Kier alpha value is -2.22. The van der Waals surface area contributed by atoms with Crippen LogP contribution in [0, 0.1) is 0 Å². The Morgan fingerprint density at radius 3 is 1.77 bits per heavy atom. The molecule has 0 saturated carbocycles. The molecule has 2 N–H and O–H groups in total. The minimum Gasteiger partial charge on any atom is -0.504 e. The van der Waals surface area contributed by atoms with Crippen LogP contribution in [0.3, 0.4) is 0 Å². The van der Waals surface area contributed by atoms with Crippen LogP contribution in [0.25, 0.3) is 0 Å². The van der Waals surface area contributed by atoms with Crippen LogP contribution in [-0.4, -0.2) is 52.4 Å². The van der Waals surface area contributed by atoms with Gasteiger partial charge in [-0.05, 0) is 113 Å². The largest absolute Gasteiger partial charge is 0.504 e. The molecule has 0 spiro atoms. The predicted molar refractivity (Wildman–Crippen MR) is 170 cm³/mol. The number of methoxy groups -OCH3 is 2. The number of hydrogen-bond acceptors (Lipinski definition) is 6. The van der Waals surface area contributed by atoms with Crippen LogP contribution in [0.15, 0.2) is 60.7 Å². The minimum atomic E-state index is -1.09. The molecule has 218 valence electrons. The Morgan fingerprint density at radius 1 is 0.821 bits per heavy atom. The van der Waals surface area contributed by atoms with Crippen molar-refractivity contribution in [1.29, 1.82) is 0 Å². The summed E-state index contributed by atoms with van der Waals surface area (Å²) in [4.78, 5) is -0.289. The Bertz CT molecular complexity index is 1100. The molecule has 0 amide bonds. The zero-order valence-electron chi connectivity index (χ0n) is 25.0. The second-order valence-electron chi connectivity index (χ2n) is 10.7. The van der Waals surface area contributed by atoms with E-state index in [0.717, 1.165) is 43.4 Å². The molecule has 0 aliphatic carbocycles. The van der Waals surface area contributed by atoms with Gasteiger partial charge >= 0.3 is 0 Å². The highest BCUT2D eigenvalue weighted by Crippen LogP contribution is 2.57. The average Bonchev–Trinajstić information content (AvgIpc) is 2.89. The van der Waals surface area contributed by atoms with E-state index in [2.05, 4.69) is 64.5 Å². The van der Waals surface area contributed by atoms with E-state index in [0.29, 0.717) is 11.5 Å². The van der Waals surface area contributed by atoms with Crippen LogP contribution in [0.1, 0.15) is 58.1 Å². The Labute approximate surface area is 242 Å². The highest BCUT2D eigenvalue weighted by atomic mass is 32.3. The summed E-state index contributed by atoms with van der Waals surface area (Å²) in [5.41, 5.74) is 2.31. The molecule has 0 bridgehead atoms. The molecule has 0 aliphatic rings. The second kappa shape index (κ2) is 15.0. The van der Waals surface area contributed by atoms with Gasteiger partial charge in [-0.3, -0.25) is 4.18 Å². The standard InChI is InChI=1S/C32H48O5S2/c1-9-19-32(20-10-2,21-11-13-25-15-17-27(33)29(23-25)35-5)38-37-31(3,4)39(7,8)22-12-14-26-16-18-28(34)30(24-26)36-6/h9-10,15-20,23-24,33-34H,11-14,21-22H2,1-8H3. The second-order valence-corrected chi connectivity index (χ2v) is 16.3. The van der Waals surface area contributed by atoms with Crippen LogP contribution in [0.4, 0.5) is 0 Å². The van der Waals surface area contributed by atoms with Crippen molar-refractivity contribution in [2.45, 2.75) is 69.5 Å². The van der Waals surface area contributed by atoms with E-state index >= 15 is 0 Å². The highest BCUT2D eigenvalue weighted by molar-refractivity contribution is 8.33. The van der Waals surface area contributed by atoms with E-state index < -0.39 is 10.0 Å². The maximum Gasteiger partial charge on any atom is 0.160 e. The lowest BCUT2D eigenvalue weighted by molar-refractivity contribution is 0.240. The third-order valence-electron chi connectivity index (χ3n) is 7.27. The summed E-state index contributed by atoms with van der Waals surface area (Å²) in [6.45, 7) is 8.56. The van der Waals surface area contributed by atoms with Gasteiger partial charge in [-0.15, -0.1) is 0 Å². The average molecular weight is 577 g/mol. The third kappa shape index (κ3) is 9.44. The van der Waals surface area contributed by atoms with E-state index in [1.807, 2.05) is 24.3 Å². The van der Waals surface area contributed by atoms with Crippen LogP contribution in [-0.2, 0) is 17.0 Å². The molecule has 0 unspecified atom stereocenters. The van der Waals surface area contributed by atoms with Crippen LogP contribution < -0.4 is 9.47 Å². The Balaban J connectivity index is 2.04. The monoisotopic (exact) mass is 576 g/mol. The summed E-state index contributed by atoms with van der Waals surface area (Å²) >= 11 is 1.57. The fourth-order valence-corrected chi connectivity index (χ4v) is 7.52. The smallest absolute Gasteiger partial charge is 0.160 e. The van der Waals surface area contributed by atoms with Gasteiger partial charge in [0.05, 0.1) is 19.0 Å². The lowest BCUT2D eigenvalue weighted by Gasteiger charge is -2.47. The summed E-state index contributed by atoms with van der Waals surface area (Å²) in [6, 6.07) is 11.2. The van der Waals surface area contributed by atoms with Crippen molar-refractivity contribution < 1.29 is 23.9 Å². The number of aryl methyl sites for hydroxylation is 2. The molecule has 0 saturated heterocycles. The maximum atomic E-state index is 9.91. The maximum absolute atomic E-state index is 9.91. The van der Waals surface area contributed by atoms with E-state index in [1.54, 1.807) is 38.4 Å². The first-order chi connectivity index (χ1) is 18.4. The van der Waals surface area contributed by atoms with Gasteiger partial charge in [-0.2, -0.15) is 0 Å². The third-order valence-corrected chi connectivity index (χ3v) is 12.7. The number of phenols is 2. The molecule has 0 heterocycles. The Kier molecular flexibility index (Phi) is 12.7. The summed E-state index contributed by atoms with van der Waals surface area (Å²) in [6.07, 6.45) is 18.2. The zero-order valence-corrected chi connectivity index (χ0v) is 26.6. The molecule has 2 aromatic rings. The molecule has 0 aliphatic heterocycles. The summed E-state index contributed by atoms with van der Waals surface area (Å²) in [5, 5.41) is 19.8. The lowest BCUT2D eigenvalue weighted by Crippen LogP contribution is -2.33. The van der Waals surface area contributed by atoms with Gasteiger partial charge in [0.1, 0.15) is 4.93 Å². The molecule has 7 heteroatoms. The van der Waals surface area contributed by atoms with Crippen molar-refractivity contribution in [1.82, 2.24) is 0 Å². The number of phenolic OH excluding ortho intramolecular Hbond substituents is 2. The van der Waals surface area contributed by atoms with Gasteiger partial charge < -0.3 is 19.7 Å². The first-order valence-electron chi connectivity index (χ1n) is 13.5. The number of ether oxygens (including phenoxy) is 2. The Morgan fingerprint density at radius 2 is 1.31 bits per heavy atom. The number of hydrogen-bond donors (Lipinski definition) is 2. The van der Waals surface area contributed by atoms with Crippen LogP contribution in [0.2, 0.25) is 0 Å². The van der Waals surface area contributed by atoms with E-state index in [1.165, 1.54) is 5.56 Å². The molecular formula is C32H48O5S2. The summed E-state index contributed by atoms with van der Waals surface area (Å²) in [7, 11) is 2.06. The number of aromatic hydroxyl groups is 2. The van der Waals surface area contributed by atoms with Gasteiger partial charge in [0.25, 0.3) is 0 Å². The van der Waals surface area contributed by atoms with Gasteiger partial charge in [-0.1, -0.05) is 36.4 Å². The minimum absolute atomic E-state index is 0.164. The molecule has 0 aromatic heterocycles. The van der Waals surface area contributed by atoms with E-state index in [4.69, 9.17) is 13.7 Å². The lowest BCUT2D eigenvalue weighted by atomic mass is 9.97. The quantitative estimate of drug-likeness (QED) is 0.154. The summed E-state index contributed by atoms with van der Waals surface area (Å²) < 4.78 is 17.0. The molecule has 0 fully saturated rings. The van der Waals surface area contributed by atoms with E-state index in [-0.39, 0.29) is 21.2 Å². The number of allylic oxidation sites excluding steroid dienone is 2. The molecule has 0 radical (unpaired) electrons. The van der Waals surface area contributed by atoms with Crippen LogP contribution >= 0.6 is 22.1 Å². The van der Waals surface area contributed by atoms with Gasteiger partial charge in [-0.25, -0.2) is 10.0 Å². The van der Waals surface area contributed by atoms with Crippen molar-refractivity contribution in [2.24, 2.45) is 0 Å². The number of benzene rings is 2.